The van der Waals surface area contributed by atoms with Crippen molar-refractivity contribution in [2.45, 2.75) is 51.0 Å². The van der Waals surface area contributed by atoms with E-state index in [4.69, 9.17) is 4.74 Å². The van der Waals surface area contributed by atoms with Gasteiger partial charge in [-0.05, 0) is 37.1 Å². The minimum atomic E-state index is -0.910. The number of ether oxygens (including phenoxy) is 2. The first-order valence-electron chi connectivity index (χ1n) is 8.75. The van der Waals surface area contributed by atoms with Gasteiger partial charge in [0.25, 0.3) is 11.7 Å². The summed E-state index contributed by atoms with van der Waals surface area (Å²) < 4.78 is 9.84. The molecule has 0 aliphatic heterocycles. The number of ketones is 1. The second-order valence-corrected chi connectivity index (χ2v) is 6.24. The van der Waals surface area contributed by atoms with E-state index in [1.165, 1.54) is 31.4 Å². The topological polar surface area (TPSA) is 81.7 Å². The molecular weight excluding hydrogens is 322 g/mol. The van der Waals surface area contributed by atoms with Crippen molar-refractivity contribution in [1.29, 1.82) is 0 Å². The molecule has 0 radical (unpaired) electrons. The van der Waals surface area contributed by atoms with Crippen LogP contribution in [-0.4, -0.2) is 37.4 Å². The van der Waals surface area contributed by atoms with Crippen molar-refractivity contribution in [3.05, 3.63) is 29.8 Å². The maximum absolute atomic E-state index is 12.0. The van der Waals surface area contributed by atoms with Crippen molar-refractivity contribution in [2.24, 2.45) is 0 Å². The van der Waals surface area contributed by atoms with E-state index in [1.54, 1.807) is 12.1 Å². The van der Waals surface area contributed by atoms with Gasteiger partial charge >= 0.3 is 5.97 Å². The highest BCUT2D eigenvalue weighted by molar-refractivity contribution is 6.40. The molecule has 1 N–H and O–H groups in total. The number of rotatable bonds is 6. The number of hydrogen-bond donors (Lipinski definition) is 1. The lowest BCUT2D eigenvalue weighted by Crippen LogP contribution is -2.38. The van der Waals surface area contributed by atoms with E-state index in [2.05, 4.69) is 10.1 Å². The van der Waals surface area contributed by atoms with Crippen LogP contribution in [0.3, 0.4) is 0 Å². The number of benzene rings is 1. The molecule has 0 bridgehead atoms. The Kier molecular flexibility index (Phi) is 7.44. The van der Waals surface area contributed by atoms with Crippen molar-refractivity contribution in [3.63, 3.8) is 0 Å². The van der Waals surface area contributed by atoms with Crippen LogP contribution in [0.2, 0.25) is 0 Å². The van der Waals surface area contributed by atoms with Crippen LogP contribution in [0.5, 0.6) is 5.75 Å². The SMILES string of the molecule is COC(=O)C(=O)c1ccc(OCC(=O)NC2CCCCCCC2)cc1. The zero-order valence-corrected chi connectivity index (χ0v) is 14.6. The summed E-state index contributed by atoms with van der Waals surface area (Å²) in [6, 6.07) is 6.29. The predicted molar refractivity (Wildman–Crippen MR) is 92.5 cm³/mol. The lowest BCUT2D eigenvalue weighted by Gasteiger charge is -2.21. The molecule has 0 atom stereocenters. The summed E-state index contributed by atoms with van der Waals surface area (Å²) >= 11 is 0. The third-order valence-corrected chi connectivity index (χ3v) is 4.33. The van der Waals surface area contributed by atoms with Crippen molar-refractivity contribution in [2.75, 3.05) is 13.7 Å². The fourth-order valence-corrected chi connectivity index (χ4v) is 2.93. The van der Waals surface area contributed by atoms with Crippen LogP contribution >= 0.6 is 0 Å². The second-order valence-electron chi connectivity index (χ2n) is 6.24. The molecule has 1 aromatic rings. The summed E-state index contributed by atoms with van der Waals surface area (Å²) in [5.74, 6) is -1.29. The normalized spacial score (nSPS) is 15.6. The summed E-state index contributed by atoms with van der Waals surface area (Å²) in [6.07, 6.45) is 8.12. The fourth-order valence-electron chi connectivity index (χ4n) is 2.93. The van der Waals surface area contributed by atoms with Gasteiger partial charge < -0.3 is 14.8 Å². The average molecular weight is 347 g/mol. The Labute approximate surface area is 147 Å². The third-order valence-electron chi connectivity index (χ3n) is 4.33. The average Bonchev–Trinajstić information content (AvgIpc) is 2.61. The first-order chi connectivity index (χ1) is 12.1. The van der Waals surface area contributed by atoms with Gasteiger partial charge in [-0.3, -0.25) is 9.59 Å². The van der Waals surface area contributed by atoms with E-state index in [1.807, 2.05) is 0 Å². The quantitative estimate of drug-likeness (QED) is 0.486. The van der Waals surface area contributed by atoms with Crippen molar-refractivity contribution >= 4 is 17.7 Å². The van der Waals surface area contributed by atoms with E-state index < -0.39 is 11.8 Å². The van der Waals surface area contributed by atoms with Crippen LogP contribution in [0.4, 0.5) is 0 Å². The number of nitrogens with one attached hydrogen (secondary N) is 1. The monoisotopic (exact) mass is 347 g/mol. The van der Waals surface area contributed by atoms with Gasteiger partial charge in [-0.15, -0.1) is 0 Å². The molecule has 1 aliphatic rings. The summed E-state index contributed by atoms with van der Waals surface area (Å²) in [5.41, 5.74) is 0.221. The number of amides is 1. The Balaban J connectivity index is 1.79. The Morgan fingerprint density at radius 2 is 1.60 bits per heavy atom. The van der Waals surface area contributed by atoms with Crippen LogP contribution in [-0.2, 0) is 14.3 Å². The van der Waals surface area contributed by atoms with E-state index in [0.717, 1.165) is 32.8 Å². The third kappa shape index (κ3) is 6.21. The molecule has 0 heterocycles. The Bertz CT molecular complexity index is 588. The van der Waals surface area contributed by atoms with E-state index in [-0.39, 0.29) is 24.1 Å². The number of hydrogen-bond acceptors (Lipinski definition) is 5. The minimum absolute atomic E-state index is 0.0687. The highest BCUT2D eigenvalue weighted by Gasteiger charge is 2.17. The molecule has 1 fully saturated rings. The smallest absolute Gasteiger partial charge is 0.379 e. The molecule has 2 rings (SSSR count). The van der Waals surface area contributed by atoms with Gasteiger partial charge in [-0.25, -0.2) is 4.79 Å². The number of carbonyl (C=O) groups is 3. The van der Waals surface area contributed by atoms with Crippen molar-refractivity contribution in [3.8, 4) is 5.75 Å². The number of Topliss-reactive ketones (excluding diaryl/α,β-unsaturated/α-hetero) is 1. The zero-order chi connectivity index (χ0) is 18.1. The number of carbonyl (C=O) groups excluding carboxylic acids is 3. The van der Waals surface area contributed by atoms with E-state index >= 15 is 0 Å². The van der Waals surface area contributed by atoms with Gasteiger partial charge in [0.15, 0.2) is 6.61 Å². The van der Waals surface area contributed by atoms with Gasteiger partial charge in [0.05, 0.1) is 7.11 Å². The Morgan fingerprint density at radius 1 is 1.00 bits per heavy atom. The van der Waals surface area contributed by atoms with Gasteiger partial charge in [0.2, 0.25) is 0 Å². The molecule has 0 saturated heterocycles. The van der Waals surface area contributed by atoms with E-state index in [9.17, 15) is 14.4 Å². The maximum atomic E-state index is 12.0. The molecule has 6 nitrogen and oxygen atoms in total. The van der Waals surface area contributed by atoms with Crippen molar-refractivity contribution in [1.82, 2.24) is 5.32 Å². The zero-order valence-electron chi connectivity index (χ0n) is 14.6. The van der Waals surface area contributed by atoms with Crippen LogP contribution in [0.25, 0.3) is 0 Å². The molecule has 1 aliphatic carbocycles. The molecular formula is C19H25NO5. The molecule has 0 unspecified atom stereocenters. The van der Waals surface area contributed by atoms with Crippen LogP contribution in [0, 0.1) is 0 Å². The molecule has 25 heavy (non-hydrogen) atoms. The molecule has 1 aromatic carbocycles. The first kappa shape index (κ1) is 19.0. The number of methoxy groups -OCH3 is 1. The van der Waals surface area contributed by atoms with Crippen LogP contribution < -0.4 is 10.1 Å². The summed E-state index contributed by atoms with van der Waals surface area (Å²) in [6.45, 7) is -0.0687. The van der Waals surface area contributed by atoms with Gasteiger partial charge in [-0.2, -0.15) is 0 Å². The Morgan fingerprint density at radius 3 is 2.20 bits per heavy atom. The molecule has 0 spiro atoms. The number of esters is 1. The van der Waals surface area contributed by atoms with Crippen LogP contribution in [0.1, 0.15) is 55.3 Å². The van der Waals surface area contributed by atoms with Crippen molar-refractivity contribution < 1.29 is 23.9 Å². The largest absolute Gasteiger partial charge is 0.484 e. The summed E-state index contributed by atoms with van der Waals surface area (Å²) in [7, 11) is 1.16. The molecule has 1 saturated carbocycles. The molecule has 1 amide bonds. The van der Waals surface area contributed by atoms with E-state index in [0.29, 0.717) is 5.75 Å². The Hall–Kier alpha value is -2.37. The maximum Gasteiger partial charge on any atom is 0.379 e. The lowest BCUT2D eigenvalue weighted by atomic mass is 9.97. The predicted octanol–water partition coefficient (Wildman–Crippen LogP) is 2.65. The standard InChI is InChI=1S/C19H25NO5/c1-24-19(23)18(22)14-9-11-16(12-10-14)25-13-17(21)20-15-7-5-3-2-4-6-8-15/h9-12,15H,2-8,13H2,1H3,(H,20,21). The molecule has 0 aromatic heterocycles. The summed E-state index contributed by atoms with van der Waals surface area (Å²) in [4.78, 5) is 34.9. The fraction of sp³-hybridized carbons (Fsp3) is 0.526. The second kappa shape index (κ2) is 9.81. The van der Waals surface area contributed by atoms with Gasteiger partial charge in [0.1, 0.15) is 5.75 Å². The summed E-state index contributed by atoms with van der Waals surface area (Å²) in [5, 5.41) is 3.03. The highest BCUT2D eigenvalue weighted by atomic mass is 16.5. The highest BCUT2D eigenvalue weighted by Crippen LogP contribution is 2.17. The van der Waals surface area contributed by atoms with Crippen LogP contribution in [0.15, 0.2) is 24.3 Å². The first-order valence-corrected chi connectivity index (χ1v) is 8.75. The lowest BCUT2D eigenvalue weighted by molar-refractivity contribution is -0.135. The van der Waals surface area contributed by atoms with Gasteiger partial charge in [-0.1, -0.05) is 32.1 Å². The minimum Gasteiger partial charge on any atom is -0.484 e. The molecule has 6 heteroatoms. The molecule has 136 valence electrons. The van der Waals surface area contributed by atoms with Gasteiger partial charge in [0, 0.05) is 11.6 Å².